The molecule has 0 spiro atoms. The van der Waals surface area contributed by atoms with E-state index in [1.165, 1.54) is 0 Å². The average Bonchev–Trinajstić information content (AvgIpc) is 3.21. The molecular weight excluding hydrogens is 347 g/mol. The zero-order valence-corrected chi connectivity index (χ0v) is 13.2. The maximum absolute atomic E-state index is 12.8. The van der Waals surface area contributed by atoms with Gasteiger partial charge < -0.3 is 4.42 Å². The highest BCUT2D eigenvalue weighted by molar-refractivity contribution is 7.90. The minimum atomic E-state index is -4.71. The van der Waals surface area contributed by atoms with E-state index >= 15 is 0 Å². The van der Waals surface area contributed by atoms with Crippen molar-refractivity contribution in [2.75, 3.05) is 6.26 Å². The molecule has 0 bridgehead atoms. The maximum atomic E-state index is 12.8. The van der Waals surface area contributed by atoms with Crippen LogP contribution < -0.4 is 0 Å². The molecule has 1 aromatic carbocycles. The van der Waals surface area contributed by atoms with Crippen molar-refractivity contribution in [1.29, 1.82) is 0 Å². The topological polar surface area (TPSA) is 77.2 Å². The molecule has 1 aliphatic carbocycles. The van der Waals surface area contributed by atoms with Crippen LogP contribution in [0.3, 0.4) is 0 Å². The number of alkyl halides is 3. The molecule has 9 heteroatoms. The first kappa shape index (κ1) is 16.7. The summed E-state index contributed by atoms with van der Waals surface area (Å²) in [7, 11) is -4.05. The highest BCUT2D eigenvalue weighted by Gasteiger charge is 2.36. The van der Waals surface area contributed by atoms with Crippen molar-refractivity contribution in [2.45, 2.75) is 29.8 Å². The van der Waals surface area contributed by atoms with Crippen molar-refractivity contribution in [3.8, 4) is 0 Å². The predicted molar refractivity (Wildman–Crippen MR) is 76.5 cm³/mol. The largest absolute Gasteiger partial charge is 0.447 e. The van der Waals surface area contributed by atoms with Gasteiger partial charge in [-0.3, -0.25) is 4.79 Å². The van der Waals surface area contributed by atoms with Gasteiger partial charge >= 0.3 is 6.18 Å². The zero-order chi connectivity index (χ0) is 17.7. The van der Waals surface area contributed by atoms with E-state index in [9.17, 15) is 26.4 Å². The van der Waals surface area contributed by atoms with Gasteiger partial charge in [-0.05, 0) is 31.0 Å². The Hall–Kier alpha value is -2.16. The third kappa shape index (κ3) is 3.08. The molecule has 0 aliphatic heterocycles. The Bertz CT molecular complexity index is 911. The summed E-state index contributed by atoms with van der Waals surface area (Å²) in [5.41, 5.74) is -1.54. The van der Waals surface area contributed by atoms with Crippen molar-refractivity contribution in [3.63, 3.8) is 0 Å². The SMILES string of the molecule is CS(=O)(=O)c1cc(C(F)(F)F)ccc1C(=O)c1ncoc1C1CC1. The fourth-order valence-corrected chi connectivity index (χ4v) is 3.28. The van der Waals surface area contributed by atoms with E-state index in [0.717, 1.165) is 31.6 Å². The second-order valence-corrected chi connectivity index (χ2v) is 7.63. The number of carbonyl (C=O) groups excluding carboxylic acids is 1. The molecule has 128 valence electrons. The molecule has 0 radical (unpaired) electrons. The quantitative estimate of drug-likeness (QED) is 0.784. The number of aromatic nitrogens is 1. The number of hydrogen-bond acceptors (Lipinski definition) is 5. The highest BCUT2D eigenvalue weighted by Crippen LogP contribution is 2.42. The summed E-state index contributed by atoms with van der Waals surface area (Å²) in [4.78, 5) is 15.8. The minimum Gasteiger partial charge on any atom is -0.447 e. The number of oxazole rings is 1. The molecule has 3 rings (SSSR count). The van der Waals surface area contributed by atoms with Crippen LogP contribution in [-0.2, 0) is 16.0 Å². The third-order valence-electron chi connectivity index (χ3n) is 3.71. The average molecular weight is 359 g/mol. The van der Waals surface area contributed by atoms with Crippen LogP contribution in [0.15, 0.2) is 33.9 Å². The molecule has 1 aromatic heterocycles. The van der Waals surface area contributed by atoms with Gasteiger partial charge in [-0.2, -0.15) is 13.2 Å². The Morgan fingerprint density at radius 3 is 2.50 bits per heavy atom. The summed E-state index contributed by atoms with van der Waals surface area (Å²) in [6, 6.07) is 2.02. The van der Waals surface area contributed by atoms with Gasteiger partial charge in [-0.25, -0.2) is 13.4 Å². The number of hydrogen-bond donors (Lipinski definition) is 0. The number of benzene rings is 1. The first-order valence-electron chi connectivity index (χ1n) is 6.98. The van der Waals surface area contributed by atoms with Gasteiger partial charge in [-0.15, -0.1) is 0 Å². The number of halogens is 3. The van der Waals surface area contributed by atoms with Crippen LogP contribution in [0.5, 0.6) is 0 Å². The fraction of sp³-hybridized carbons (Fsp3) is 0.333. The summed E-state index contributed by atoms with van der Waals surface area (Å²) in [5, 5.41) is 0. The first-order valence-corrected chi connectivity index (χ1v) is 8.87. The van der Waals surface area contributed by atoms with Crippen LogP contribution in [0.4, 0.5) is 13.2 Å². The van der Waals surface area contributed by atoms with Crippen molar-refractivity contribution < 1.29 is 30.8 Å². The summed E-state index contributed by atoms with van der Waals surface area (Å²) in [6.07, 6.45) is -1.24. The monoisotopic (exact) mass is 359 g/mol. The van der Waals surface area contributed by atoms with Gasteiger partial charge in [0.15, 0.2) is 21.9 Å². The van der Waals surface area contributed by atoms with E-state index in [0.29, 0.717) is 17.9 Å². The fourth-order valence-electron chi connectivity index (χ4n) is 2.38. The van der Waals surface area contributed by atoms with Crippen LogP contribution in [0.2, 0.25) is 0 Å². The maximum Gasteiger partial charge on any atom is 0.416 e. The summed E-state index contributed by atoms with van der Waals surface area (Å²) < 4.78 is 67.4. The molecule has 0 N–H and O–H groups in total. The van der Waals surface area contributed by atoms with Gasteiger partial charge in [0.2, 0.25) is 5.78 Å². The second-order valence-electron chi connectivity index (χ2n) is 5.65. The molecule has 1 heterocycles. The normalized spacial score (nSPS) is 15.5. The first-order chi connectivity index (χ1) is 11.1. The Balaban J connectivity index is 2.13. The Kier molecular flexibility index (Phi) is 3.78. The number of carbonyl (C=O) groups is 1. The molecule has 0 saturated heterocycles. The van der Waals surface area contributed by atoms with Gasteiger partial charge in [0.25, 0.3) is 0 Å². The number of rotatable bonds is 4. The molecule has 0 unspecified atom stereocenters. The lowest BCUT2D eigenvalue weighted by Gasteiger charge is -2.11. The number of sulfone groups is 1. The molecule has 1 aliphatic rings. The molecule has 1 saturated carbocycles. The van der Waals surface area contributed by atoms with Crippen molar-refractivity contribution >= 4 is 15.6 Å². The molecule has 5 nitrogen and oxygen atoms in total. The van der Waals surface area contributed by atoms with E-state index in [1.807, 2.05) is 0 Å². The van der Waals surface area contributed by atoms with Gasteiger partial charge in [0.05, 0.1) is 10.5 Å². The highest BCUT2D eigenvalue weighted by atomic mass is 32.2. The third-order valence-corrected chi connectivity index (χ3v) is 4.85. The van der Waals surface area contributed by atoms with Crippen molar-refractivity contribution in [2.24, 2.45) is 0 Å². The van der Waals surface area contributed by atoms with Crippen LogP contribution in [0.1, 0.15) is 46.1 Å². The van der Waals surface area contributed by atoms with E-state index < -0.39 is 32.3 Å². The molecular formula is C15H12F3NO4S. The number of ketones is 1. The van der Waals surface area contributed by atoms with Gasteiger partial charge in [0, 0.05) is 17.7 Å². The summed E-state index contributed by atoms with van der Waals surface area (Å²) in [6.45, 7) is 0. The van der Waals surface area contributed by atoms with Crippen molar-refractivity contribution in [3.05, 3.63) is 47.2 Å². The lowest BCUT2D eigenvalue weighted by molar-refractivity contribution is -0.137. The Morgan fingerprint density at radius 2 is 1.96 bits per heavy atom. The smallest absolute Gasteiger partial charge is 0.416 e. The van der Waals surface area contributed by atoms with Gasteiger partial charge in [-0.1, -0.05) is 0 Å². The molecule has 0 amide bonds. The Morgan fingerprint density at radius 1 is 1.29 bits per heavy atom. The standard InChI is InChI=1S/C15H12F3NO4S/c1-24(21,22)11-6-9(15(16,17)18)4-5-10(11)13(20)12-14(8-2-3-8)23-7-19-12/h4-8H,2-3H2,1H3. The molecule has 0 atom stereocenters. The van der Waals surface area contributed by atoms with Crippen LogP contribution in [0.25, 0.3) is 0 Å². The van der Waals surface area contributed by atoms with E-state index in [4.69, 9.17) is 4.42 Å². The predicted octanol–water partition coefficient (Wildman–Crippen LogP) is 3.21. The second kappa shape index (κ2) is 5.44. The summed E-state index contributed by atoms with van der Waals surface area (Å²) >= 11 is 0. The number of nitrogens with zero attached hydrogens (tertiary/aromatic N) is 1. The molecule has 24 heavy (non-hydrogen) atoms. The van der Waals surface area contributed by atoms with E-state index in [1.54, 1.807) is 0 Å². The van der Waals surface area contributed by atoms with E-state index in [-0.39, 0.29) is 17.2 Å². The molecule has 1 fully saturated rings. The van der Waals surface area contributed by atoms with Crippen LogP contribution >= 0.6 is 0 Å². The van der Waals surface area contributed by atoms with Crippen molar-refractivity contribution in [1.82, 2.24) is 4.98 Å². The lowest BCUT2D eigenvalue weighted by Crippen LogP contribution is -2.14. The van der Waals surface area contributed by atoms with Gasteiger partial charge in [0.1, 0.15) is 5.76 Å². The van der Waals surface area contributed by atoms with Crippen LogP contribution in [0, 0.1) is 0 Å². The Labute approximate surface area is 135 Å². The molecule has 2 aromatic rings. The lowest BCUT2D eigenvalue weighted by atomic mass is 10.0. The van der Waals surface area contributed by atoms with E-state index in [2.05, 4.69) is 4.98 Å². The minimum absolute atomic E-state index is 0.0441. The summed E-state index contributed by atoms with van der Waals surface area (Å²) in [5.74, 6) is -0.373. The zero-order valence-electron chi connectivity index (χ0n) is 12.4. The van der Waals surface area contributed by atoms with Crippen LogP contribution in [-0.4, -0.2) is 25.4 Å².